The van der Waals surface area contributed by atoms with Crippen molar-refractivity contribution in [2.75, 3.05) is 25.5 Å². The Kier molecular flexibility index (Phi) is 2.24. The van der Waals surface area contributed by atoms with Crippen LogP contribution in [0.4, 0.5) is 5.69 Å². The molecule has 124 valence electrons. The number of nitrogens with zero attached hydrogens (tertiary/aromatic N) is 1. The second kappa shape index (κ2) is 3.94. The van der Waals surface area contributed by atoms with Gasteiger partial charge in [0.05, 0.1) is 12.7 Å². The van der Waals surface area contributed by atoms with Gasteiger partial charge >= 0.3 is 0 Å². The second-order valence-electron chi connectivity index (χ2n) is 8.40. The van der Waals surface area contributed by atoms with Crippen LogP contribution in [0.15, 0.2) is 36.9 Å². The van der Waals surface area contributed by atoms with Gasteiger partial charge in [-0.05, 0) is 31.0 Å². The summed E-state index contributed by atoms with van der Waals surface area (Å²) in [7, 11) is 2.21. The van der Waals surface area contributed by atoms with Crippen LogP contribution in [0.5, 0.6) is 0 Å². The third kappa shape index (κ3) is 1.12. The molecule has 4 heteroatoms. The smallest absolute Gasteiger partial charge is 0.238 e. The molecule has 3 heterocycles. The highest BCUT2D eigenvalue weighted by atomic mass is 16.5. The number of benzene rings is 1. The Morgan fingerprint density at radius 3 is 3.08 bits per heavy atom. The minimum Gasteiger partial charge on any atom is -0.376 e. The number of likely N-dealkylation sites (tertiary alicyclic amines) is 1. The molecule has 4 fully saturated rings. The molecule has 1 spiro atoms. The van der Waals surface area contributed by atoms with Gasteiger partial charge in [-0.2, -0.15) is 0 Å². The summed E-state index contributed by atoms with van der Waals surface area (Å²) in [6, 6.07) is 8.64. The van der Waals surface area contributed by atoms with Gasteiger partial charge in [0.15, 0.2) is 0 Å². The van der Waals surface area contributed by atoms with Gasteiger partial charge in [-0.3, -0.25) is 4.79 Å². The van der Waals surface area contributed by atoms with Crippen LogP contribution < -0.4 is 5.32 Å². The third-order valence-electron chi connectivity index (χ3n) is 7.93. The summed E-state index contributed by atoms with van der Waals surface area (Å²) in [6.45, 7) is 6.06. The summed E-state index contributed by atoms with van der Waals surface area (Å²) in [5.41, 5.74) is 1.61. The molecule has 6 rings (SSSR count). The van der Waals surface area contributed by atoms with Crippen molar-refractivity contribution in [3.8, 4) is 0 Å². The van der Waals surface area contributed by atoms with Crippen LogP contribution in [0, 0.1) is 23.2 Å². The van der Waals surface area contributed by atoms with Gasteiger partial charge in [0, 0.05) is 35.5 Å². The number of para-hydroxylation sites is 1. The molecule has 2 aliphatic carbocycles. The molecular weight excluding hydrogens is 300 g/mol. The SMILES string of the molecule is C=C[C@]12CN(C)C3C4COC(CC41)[C@@]1(C(=O)Nc4ccccc41)[C@H]32. The Labute approximate surface area is 141 Å². The van der Waals surface area contributed by atoms with E-state index >= 15 is 0 Å². The first-order chi connectivity index (χ1) is 11.6. The molecule has 1 amide bonds. The molecule has 2 saturated carbocycles. The number of hydrogen-bond acceptors (Lipinski definition) is 3. The maximum Gasteiger partial charge on any atom is 0.238 e. The molecule has 0 radical (unpaired) electrons. The number of hydrogen-bond donors (Lipinski definition) is 1. The summed E-state index contributed by atoms with van der Waals surface area (Å²) in [5.74, 6) is 1.56. The van der Waals surface area contributed by atoms with Crippen LogP contribution in [0.2, 0.25) is 0 Å². The Morgan fingerprint density at radius 2 is 2.25 bits per heavy atom. The van der Waals surface area contributed by atoms with E-state index in [1.807, 2.05) is 12.1 Å². The van der Waals surface area contributed by atoms with Crippen molar-refractivity contribution in [2.24, 2.45) is 23.2 Å². The van der Waals surface area contributed by atoms with Crippen molar-refractivity contribution in [3.05, 3.63) is 42.5 Å². The lowest BCUT2D eigenvalue weighted by atomic mass is 9.51. The zero-order chi connectivity index (χ0) is 16.3. The highest BCUT2D eigenvalue weighted by Crippen LogP contribution is 2.73. The molecular formula is C20H22N2O2. The number of rotatable bonds is 1. The van der Waals surface area contributed by atoms with Crippen molar-refractivity contribution >= 4 is 11.6 Å². The fourth-order valence-electron chi connectivity index (χ4n) is 7.38. The van der Waals surface area contributed by atoms with E-state index in [0.29, 0.717) is 17.9 Å². The van der Waals surface area contributed by atoms with E-state index in [4.69, 9.17) is 4.74 Å². The van der Waals surface area contributed by atoms with Gasteiger partial charge < -0.3 is 15.0 Å². The summed E-state index contributed by atoms with van der Waals surface area (Å²) >= 11 is 0. The first-order valence-electron chi connectivity index (χ1n) is 9.01. The van der Waals surface area contributed by atoms with E-state index in [9.17, 15) is 4.79 Å². The van der Waals surface area contributed by atoms with Crippen molar-refractivity contribution in [1.29, 1.82) is 0 Å². The zero-order valence-electron chi connectivity index (χ0n) is 13.9. The number of fused-ring (bicyclic) bond motifs is 5. The summed E-state index contributed by atoms with van der Waals surface area (Å²) in [4.78, 5) is 15.9. The lowest BCUT2D eigenvalue weighted by Crippen LogP contribution is -2.62. The average Bonchev–Trinajstić information content (AvgIpc) is 3.08. The Morgan fingerprint density at radius 1 is 1.42 bits per heavy atom. The number of carbonyl (C=O) groups is 1. The van der Waals surface area contributed by atoms with Crippen LogP contribution in [0.25, 0.3) is 0 Å². The van der Waals surface area contributed by atoms with Crippen LogP contribution in [-0.4, -0.2) is 43.2 Å². The van der Waals surface area contributed by atoms with Crippen LogP contribution in [0.1, 0.15) is 12.0 Å². The molecule has 3 aliphatic heterocycles. The first kappa shape index (κ1) is 13.6. The molecule has 1 N–H and O–H groups in total. The van der Waals surface area contributed by atoms with Gasteiger partial charge in [-0.25, -0.2) is 0 Å². The molecule has 1 aromatic rings. The summed E-state index contributed by atoms with van der Waals surface area (Å²) < 4.78 is 6.34. The summed E-state index contributed by atoms with van der Waals surface area (Å²) in [5, 5.41) is 3.18. The number of amides is 1. The maximum atomic E-state index is 13.4. The molecule has 2 saturated heterocycles. The zero-order valence-corrected chi connectivity index (χ0v) is 13.9. The molecule has 7 atom stereocenters. The van der Waals surface area contributed by atoms with Crippen LogP contribution in [-0.2, 0) is 14.9 Å². The highest BCUT2D eigenvalue weighted by Gasteiger charge is 2.79. The number of carbonyl (C=O) groups excluding carboxylic acids is 1. The molecule has 4 unspecified atom stereocenters. The van der Waals surface area contributed by atoms with E-state index in [1.165, 1.54) is 0 Å². The second-order valence-corrected chi connectivity index (χ2v) is 8.40. The molecule has 24 heavy (non-hydrogen) atoms. The van der Waals surface area contributed by atoms with E-state index in [-0.39, 0.29) is 23.3 Å². The summed E-state index contributed by atoms with van der Waals surface area (Å²) in [6.07, 6.45) is 3.17. The van der Waals surface area contributed by atoms with Gasteiger partial charge in [0.2, 0.25) is 5.91 Å². The predicted molar refractivity (Wildman–Crippen MR) is 90.6 cm³/mol. The van der Waals surface area contributed by atoms with Crippen molar-refractivity contribution in [2.45, 2.75) is 24.0 Å². The Hall–Kier alpha value is -1.65. The molecule has 5 bridgehead atoms. The van der Waals surface area contributed by atoms with Gasteiger partial charge in [0.25, 0.3) is 0 Å². The van der Waals surface area contributed by atoms with Crippen molar-refractivity contribution in [1.82, 2.24) is 4.90 Å². The Bertz CT molecular complexity index is 792. The van der Waals surface area contributed by atoms with E-state index in [1.54, 1.807) is 0 Å². The molecule has 0 aromatic heterocycles. The van der Waals surface area contributed by atoms with Crippen molar-refractivity contribution < 1.29 is 9.53 Å². The topological polar surface area (TPSA) is 41.6 Å². The monoisotopic (exact) mass is 322 g/mol. The van der Waals surface area contributed by atoms with Crippen LogP contribution in [0.3, 0.4) is 0 Å². The lowest BCUT2D eigenvalue weighted by molar-refractivity contribution is -0.153. The van der Waals surface area contributed by atoms with Gasteiger partial charge in [-0.1, -0.05) is 24.3 Å². The minimum absolute atomic E-state index is 0.00280. The van der Waals surface area contributed by atoms with Gasteiger partial charge in [-0.15, -0.1) is 6.58 Å². The van der Waals surface area contributed by atoms with E-state index < -0.39 is 5.41 Å². The number of ether oxygens (including phenoxy) is 1. The minimum atomic E-state index is -0.554. The predicted octanol–water partition coefficient (Wildman–Crippen LogP) is 2.03. The first-order valence-corrected chi connectivity index (χ1v) is 9.01. The third-order valence-corrected chi connectivity index (χ3v) is 7.93. The van der Waals surface area contributed by atoms with E-state index in [0.717, 1.165) is 30.8 Å². The molecule has 1 aromatic carbocycles. The fourth-order valence-corrected chi connectivity index (χ4v) is 7.38. The normalized spacial score (nSPS) is 50.4. The number of piperidine rings is 1. The average molecular weight is 322 g/mol. The van der Waals surface area contributed by atoms with Crippen molar-refractivity contribution in [3.63, 3.8) is 0 Å². The number of nitrogens with one attached hydrogen (secondary N) is 1. The fraction of sp³-hybridized carbons (Fsp3) is 0.550. The van der Waals surface area contributed by atoms with Crippen LogP contribution >= 0.6 is 0 Å². The quantitative estimate of drug-likeness (QED) is 0.805. The molecule has 4 nitrogen and oxygen atoms in total. The number of anilines is 1. The maximum absolute atomic E-state index is 13.4. The van der Waals surface area contributed by atoms with E-state index in [2.05, 4.69) is 42.1 Å². The lowest BCUT2D eigenvalue weighted by Gasteiger charge is -2.54. The Balaban J connectivity index is 1.69. The largest absolute Gasteiger partial charge is 0.376 e. The van der Waals surface area contributed by atoms with Gasteiger partial charge in [0.1, 0.15) is 5.41 Å². The highest BCUT2D eigenvalue weighted by molar-refractivity contribution is 6.07. The molecule has 5 aliphatic rings. The standard InChI is InChI=1S/C20H22N2O2/c1-3-19-10-22(2)16-11-9-24-15(8-13(11)19)20(17(16)19)12-6-4-5-7-14(12)21-18(20)23/h3-7,11,13,15-17H,1,8-10H2,2H3,(H,21,23)/t11?,13?,15?,16?,17-,19+,20-/m1/s1.